The topological polar surface area (TPSA) is 86.7 Å². The van der Waals surface area contributed by atoms with Gasteiger partial charge in [-0.3, -0.25) is 0 Å². The molecule has 0 aromatic heterocycles. The van der Waals surface area contributed by atoms with Gasteiger partial charge in [-0.05, 0) is 12.8 Å². The van der Waals surface area contributed by atoms with E-state index in [-0.39, 0.29) is 18.6 Å². The Balaban J connectivity index is 2.51. The molecule has 0 aliphatic heterocycles. The van der Waals surface area contributed by atoms with Crippen LogP contribution in [0.4, 0.5) is 0 Å². The maximum atomic E-state index is 9.29. The first-order chi connectivity index (χ1) is 5.15. The van der Waals surface area contributed by atoms with Crippen LogP contribution in [0.2, 0.25) is 0 Å². The summed E-state index contributed by atoms with van der Waals surface area (Å²) in [5, 5.41) is 27.3. The van der Waals surface area contributed by atoms with E-state index in [1.807, 2.05) is 0 Å². The molecule has 0 bridgehead atoms. The maximum absolute atomic E-state index is 9.29. The molecule has 1 saturated carbocycles. The van der Waals surface area contributed by atoms with E-state index >= 15 is 0 Å². The van der Waals surface area contributed by atoms with Gasteiger partial charge in [0.05, 0.1) is 12.2 Å². The van der Waals surface area contributed by atoms with Crippen molar-refractivity contribution in [3.8, 4) is 0 Å². The highest BCUT2D eigenvalue weighted by atomic mass is 16.3. The van der Waals surface area contributed by atoms with Crippen molar-refractivity contribution >= 4 is 0 Å². The lowest BCUT2D eigenvalue weighted by molar-refractivity contribution is -0.0637. The molecule has 0 radical (unpaired) electrons. The molecule has 11 heavy (non-hydrogen) atoms. The van der Waals surface area contributed by atoms with Crippen LogP contribution in [0.25, 0.3) is 0 Å². The largest absolute Gasteiger partial charge is 0.396 e. The zero-order valence-corrected chi connectivity index (χ0v) is 6.35. The predicted molar refractivity (Wildman–Crippen MR) is 39.8 cm³/mol. The molecule has 1 aliphatic rings. The van der Waals surface area contributed by atoms with Gasteiger partial charge in [0, 0.05) is 18.6 Å². The average Bonchev–Trinajstić information content (AvgIpc) is 1.96. The van der Waals surface area contributed by atoms with Crippen molar-refractivity contribution in [3.63, 3.8) is 0 Å². The van der Waals surface area contributed by atoms with Gasteiger partial charge in [-0.2, -0.15) is 0 Å². The lowest BCUT2D eigenvalue weighted by Gasteiger charge is -2.34. The van der Waals surface area contributed by atoms with E-state index < -0.39 is 12.2 Å². The first kappa shape index (κ1) is 8.93. The molecule has 5 N–H and O–H groups in total. The number of nitrogens with two attached hydrogens (primary N) is 1. The number of rotatable bonds is 1. The van der Waals surface area contributed by atoms with Gasteiger partial charge in [0.15, 0.2) is 0 Å². The van der Waals surface area contributed by atoms with Gasteiger partial charge >= 0.3 is 0 Å². The first-order valence-corrected chi connectivity index (χ1v) is 3.87. The highest BCUT2D eigenvalue weighted by molar-refractivity contribution is 4.87. The molecule has 4 atom stereocenters. The summed E-state index contributed by atoms with van der Waals surface area (Å²) in [7, 11) is 0. The van der Waals surface area contributed by atoms with Crippen LogP contribution in [0.3, 0.4) is 0 Å². The van der Waals surface area contributed by atoms with E-state index in [9.17, 15) is 10.2 Å². The molecule has 4 heteroatoms. The Morgan fingerprint density at radius 2 is 1.91 bits per heavy atom. The summed E-state index contributed by atoms with van der Waals surface area (Å²) < 4.78 is 0. The Morgan fingerprint density at radius 1 is 1.27 bits per heavy atom. The minimum Gasteiger partial charge on any atom is -0.396 e. The summed E-state index contributed by atoms with van der Waals surface area (Å²) in [6.07, 6.45) is -0.553. The number of aliphatic hydroxyl groups excluding tert-OH is 3. The lowest BCUT2D eigenvalue weighted by Crippen LogP contribution is -2.47. The second-order valence-corrected chi connectivity index (χ2v) is 3.23. The van der Waals surface area contributed by atoms with E-state index in [4.69, 9.17) is 10.8 Å². The van der Waals surface area contributed by atoms with Crippen molar-refractivity contribution in [3.05, 3.63) is 0 Å². The van der Waals surface area contributed by atoms with Gasteiger partial charge in [0.1, 0.15) is 0 Å². The van der Waals surface area contributed by atoms with Crippen LogP contribution < -0.4 is 5.73 Å². The first-order valence-electron chi connectivity index (χ1n) is 3.87. The Kier molecular flexibility index (Phi) is 2.84. The zero-order valence-electron chi connectivity index (χ0n) is 6.35. The maximum Gasteiger partial charge on any atom is 0.0850 e. The molecule has 4 nitrogen and oxygen atoms in total. The minimum atomic E-state index is -0.806. The highest BCUT2D eigenvalue weighted by Gasteiger charge is 2.33. The number of aliphatic hydroxyl groups is 3. The van der Waals surface area contributed by atoms with Gasteiger partial charge in [-0.1, -0.05) is 0 Å². The standard InChI is InChI=1S/C7H15NO3/c8-5-1-4(3-9)7(11)6(10)2-5/h4-7,9-11H,1-3,8H2/t4?,5-,6?,7+/m0/s1. The summed E-state index contributed by atoms with van der Waals surface area (Å²) >= 11 is 0. The molecule has 0 aromatic carbocycles. The molecule has 0 amide bonds. The van der Waals surface area contributed by atoms with Crippen LogP contribution in [0.5, 0.6) is 0 Å². The van der Waals surface area contributed by atoms with Gasteiger partial charge in [-0.25, -0.2) is 0 Å². The molecule has 2 unspecified atom stereocenters. The average molecular weight is 161 g/mol. The molecule has 0 aromatic rings. The Morgan fingerprint density at radius 3 is 2.45 bits per heavy atom. The number of hydrogen-bond donors (Lipinski definition) is 4. The van der Waals surface area contributed by atoms with Crippen LogP contribution in [-0.2, 0) is 0 Å². The summed E-state index contributed by atoms with van der Waals surface area (Å²) in [4.78, 5) is 0. The normalized spacial score (nSPS) is 45.8. The Labute approximate surface area is 65.6 Å². The van der Waals surface area contributed by atoms with Crippen molar-refractivity contribution in [1.29, 1.82) is 0 Å². The highest BCUT2D eigenvalue weighted by Crippen LogP contribution is 2.23. The minimum absolute atomic E-state index is 0.0921. The van der Waals surface area contributed by atoms with Crippen molar-refractivity contribution in [1.82, 2.24) is 0 Å². The van der Waals surface area contributed by atoms with Crippen LogP contribution >= 0.6 is 0 Å². The summed E-state index contributed by atoms with van der Waals surface area (Å²) in [5.41, 5.74) is 5.57. The van der Waals surface area contributed by atoms with E-state index in [0.717, 1.165) is 0 Å². The third-order valence-electron chi connectivity index (χ3n) is 2.26. The second-order valence-electron chi connectivity index (χ2n) is 3.23. The molecule has 1 rings (SSSR count). The molecular formula is C7H15NO3. The van der Waals surface area contributed by atoms with Crippen LogP contribution in [0.15, 0.2) is 0 Å². The SMILES string of the molecule is N[C@@H]1CC(O)[C@H](O)C(CO)C1. The smallest absolute Gasteiger partial charge is 0.0850 e. The van der Waals surface area contributed by atoms with Crippen LogP contribution in [0, 0.1) is 5.92 Å². The monoisotopic (exact) mass is 161 g/mol. The Bertz CT molecular complexity index is 131. The van der Waals surface area contributed by atoms with Gasteiger partial charge in [0.2, 0.25) is 0 Å². The predicted octanol–water partition coefficient (Wildman–Crippen LogP) is -1.56. The van der Waals surface area contributed by atoms with Crippen molar-refractivity contribution in [2.24, 2.45) is 11.7 Å². The van der Waals surface area contributed by atoms with E-state index in [2.05, 4.69) is 0 Å². The van der Waals surface area contributed by atoms with E-state index in [0.29, 0.717) is 12.8 Å². The molecule has 0 heterocycles. The van der Waals surface area contributed by atoms with E-state index in [1.54, 1.807) is 0 Å². The van der Waals surface area contributed by atoms with Crippen molar-refractivity contribution in [2.75, 3.05) is 6.61 Å². The van der Waals surface area contributed by atoms with Gasteiger partial charge in [0.25, 0.3) is 0 Å². The van der Waals surface area contributed by atoms with Gasteiger partial charge in [-0.15, -0.1) is 0 Å². The van der Waals surface area contributed by atoms with Crippen LogP contribution in [0.1, 0.15) is 12.8 Å². The lowest BCUT2D eigenvalue weighted by atomic mass is 9.82. The summed E-state index contributed by atoms with van der Waals surface area (Å²) in [6, 6.07) is -0.0921. The fourth-order valence-electron chi connectivity index (χ4n) is 1.57. The summed E-state index contributed by atoms with van der Waals surface area (Å²) in [6.45, 7) is -0.105. The zero-order chi connectivity index (χ0) is 8.43. The number of hydrogen-bond acceptors (Lipinski definition) is 4. The van der Waals surface area contributed by atoms with Crippen molar-refractivity contribution < 1.29 is 15.3 Å². The molecule has 1 fully saturated rings. The Hall–Kier alpha value is -0.160. The third kappa shape index (κ3) is 1.90. The molecule has 0 spiro atoms. The fourth-order valence-corrected chi connectivity index (χ4v) is 1.57. The molecule has 66 valence electrons. The molecule has 1 aliphatic carbocycles. The molecular weight excluding hydrogens is 146 g/mol. The van der Waals surface area contributed by atoms with Gasteiger partial charge < -0.3 is 21.1 Å². The van der Waals surface area contributed by atoms with Crippen LogP contribution in [-0.4, -0.2) is 40.2 Å². The van der Waals surface area contributed by atoms with E-state index in [1.165, 1.54) is 0 Å². The summed E-state index contributed by atoms with van der Waals surface area (Å²) in [5.74, 6) is -0.256. The quantitative estimate of drug-likeness (QED) is 0.374. The second kappa shape index (κ2) is 3.49. The fraction of sp³-hybridized carbons (Fsp3) is 1.00. The third-order valence-corrected chi connectivity index (χ3v) is 2.26. The molecule has 0 saturated heterocycles. The van der Waals surface area contributed by atoms with Crippen molar-refractivity contribution in [2.45, 2.75) is 31.1 Å².